The van der Waals surface area contributed by atoms with E-state index in [2.05, 4.69) is 0 Å². The minimum absolute atomic E-state index is 0.236. The van der Waals surface area contributed by atoms with E-state index in [9.17, 15) is 8.78 Å². The smallest absolute Gasteiger partial charge is 0.328 e. The zero-order valence-electron chi connectivity index (χ0n) is 7.14. The lowest BCUT2D eigenvalue weighted by atomic mass is 10.1. The van der Waals surface area contributed by atoms with E-state index in [1.165, 1.54) is 18.2 Å². The minimum Gasteiger partial charge on any atom is -0.382 e. The SMILES string of the molecule is Cc1cccc(C(F)(F)C(=N)N)c1. The second-order valence-corrected chi connectivity index (χ2v) is 2.86. The maximum atomic E-state index is 13.1. The van der Waals surface area contributed by atoms with E-state index < -0.39 is 11.8 Å². The fraction of sp³-hybridized carbons (Fsp3) is 0.222. The average molecular weight is 184 g/mol. The Morgan fingerprint density at radius 2 is 2.08 bits per heavy atom. The van der Waals surface area contributed by atoms with Gasteiger partial charge in [-0.15, -0.1) is 0 Å². The van der Waals surface area contributed by atoms with Crippen molar-refractivity contribution >= 4 is 5.84 Å². The van der Waals surface area contributed by atoms with Crippen LogP contribution in [0.4, 0.5) is 8.78 Å². The number of amidine groups is 1. The molecule has 0 radical (unpaired) electrons. The van der Waals surface area contributed by atoms with E-state index in [1.807, 2.05) is 0 Å². The van der Waals surface area contributed by atoms with Gasteiger partial charge in [0, 0.05) is 5.56 Å². The fourth-order valence-electron chi connectivity index (χ4n) is 0.996. The van der Waals surface area contributed by atoms with Crippen LogP contribution in [0, 0.1) is 12.3 Å². The van der Waals surface area contributed by atoms with E-state index in [0.717, 1.165) is 5.56 Å². The first-order valence-corrected chi connectivity index (χ1v) is 3.74. The molecule has 1 aromatic carbocycles. The van der Waals surface area contributed by atoms with Gasteiger partial charge in [0.1, 0.15) is 0 Å². The Labute approximate surface area is 74.9 Å². The highest BCUT2D eigenvalue weighted by atomic mass is 19.3. The predicted molar refractivity (Wildman–Crippen MR) is 47.0 cm³/mol. The van der Waals surface area contributed by atoms with Gasteiger partial charge in [-0.2, -0.15) is 8.78 Å². The number of alkyl halides is 2. The van der Waals surface area contributed by atoms with Gasteiger partial charge in [0.15, 0.2) is 5.84 Å². The fourth-order valence-corrected chi connectivity index (χ4v) is 0.996. The molecule has 0 amide bonds. The Morgan fingerprint density at radius 1 is 1.46 bits per heavy atom. The van der Waals surface area contributed by atoms with Gasteiger partial charge in [-0.05, 0) is 13.0 Å². The van der Waals surface area contributed by atoms with Crippen molar-refractivity contribution in [2.24, 2.45) is 5.73 Å². The van der Waals surface area contributed by atoms with Gasteiger partial charge < -0.3 is 5.73 Å². The molecular weight excluding hydrogens is 174 g/mol. The lowest BCUT2D eigenvalue weighted by Crippen LogP contribution is -2.32. The summed E-state index contributed by atoms with van der Waals surface area (Å²) in [4.78, 5) is 0. The first kappa shape index (κ1) is 9.64. The summed E-state index contributed by atoms with van der Waals surface area (Å²) in [6, 6.07) is 5.80. The van der Waals surface area contributed by atoms with Gasteiger partial charge >= 0.3 is 5.92 Å². The minimum atomic E-state index is -3.36. The summed E-state index contributed by atoms with van der Waals surface area (Å²) in [7, 11) is 0. The van der Waals surface area contributed by atoms with Crippen LogP contribution in [-0.4, -0.2) is 5.84 Å². The molecule has 0 unspecified atom stereocenters. The summed E-state index contributed by atoms with van der Waals surface area (Å²) < 4.78 is 26.2. The molecule has 0 fully saturated rings. The van der Waals surface area contributed by atoms with Crippen molar-refractivity contribution in [1.82, 2.24) is 0 Å². The number of hydrogen-bond donors (Lipinski definition) is 2. The Kier molecular flexibility index (Phi) is 2.32. The number of aryl methyl sites for hydroxylation is 1. The van der Waals surface area contributed by atoms with Crippen molar-refractivity contribution in [3.8, 4) is 0 Å². The standard InChI is InChI=1S/C9H10F2N2/c1-6-3-2-4-7(5-6)9(10,11)8(12)13/h2-5H,1H3,(H3,12,13). The molecular formula is C9H10F2N2. The molecule has 0 aliphatic heterocycles. The van der Waals surface area contributed by atoms with Crippen molar-refractivity contribution in [2.75, 3.05) is 0 Å². The molecule has 4 heteroatoms. The third-order valence-corrected chi connectivity index (χ3v) is 1.72. The van der Waals surface area contributed by atoms with E-state index in [1.54, 1.807) is 13.0 Å². The van der Waals surface area contributed by atoms with Crippen molar-refractivity contribution < 1.29 is 8.78 Å². The van der Waals surface area contributed by atoms with Crippen molar-refractivity contribution in [3.63, 3.8) is 0 Å². The van der Waals surface area contributed by atoms with Crippen LogP contribution < -0.4 is 5.73 Å². The summed E-state index contributed by atoms with van der Waals surface area (Å²) in [6.07, 6.45) is 0. The first-order valence-electron chi connectivity index (χ1n) is 3.74. The molecule has 0 saturated carbocycles. The normalized spacial score (nSPS) is 11.3. The monoisotopic (exact) mass is 184 g/mol. The van der Waals surface area contributed by atoms with Gasteiger partial charge in [-0.1, -0.05) is 23.8 Å². The van der Waals surface area contributed by atoms with Gasteiger partial charge in [-0.3, -0.25) is 5.41 Å². The molecule has 1 aromatic rings. The molecule has 3 N–H and O–H groups in total. The Hall–Kier alpha value is -1.45. The predicted octanol–water partition coefficient (Wildman–Crippen LogP) is 2.02. The van der Waals surface area contributed by atoms with Crippen LogP contribution in [0.2, 0.25) is 0 Å². The molecule has 0 aliphatic rings. The third kappa shape index (κ3) is 1.83. The van der Waals surface area contributed by atoms with Gasteiger partial charge in [0.05, 0.1) is 0 Å². The maximum Gasteiger partial charge on any atom is 0.328 e. The number of nitrogens with two attached hydrogens (primary N) is 1. The number of nitrogens with one attached hydrogen (secondary N) is 1. The number of halogens is 2. The molecule has 0 heterocycles. The van der Waals surface area contributed by atoms with Crippen molar-refractivity contribution in [2.45, 2.75) is 12.8 Å². The molecule has 0 atom stereocenters. The molecule has 0 spiro atoms. The van der Waals surface area contributed by atoms with Crippen molar-refractivity contribution in [1.29, 1.82) is 5.41 Å². The van der Waals surface area contributed by atoms with Gasteiger partial charge in [0.25, 0.3) is 0 Å². The highest BCUT2D eigenvalue weighted by Crippen LogP contribution is 2.27. The van der Waals surface area contributed by atoms with E-state index in [-0.39, 0.29) is 5.56 Å². The van der Waals surface area contributed by atoms with E-state index >= 15 is 0 Å². The van der Waals surface area contributed by atoms with Crippen LogP contribution in [-0.2, 0) is 5.92 Å². The topological polar surface area (TPSA) is 49.9 Å². The van der Waals surface area contributed by atoms with Gasteiger partial charge in [0.2, 0.25) is 0 Å². The highest BCUT2D eigenvalue weighted by Gasteiger charge is 2.35. The largest absolute Gasteiger partial charge is 0.382 e. The second-order valence-electron chi connectivity index (χ2n) is 2.86. The van der Waals surface area contributed by atoms with Crippen LogP contribution in [0.1, 0.15) is 11.1 Å². The van der Waals surface area contributed by atoms with Crippen LogP contribution in [0.5, 0.6) is 0 Å². The van der Waals surface area contributed by atoms with E-state index in [4.69, 9.17) is 11.1 Å². The zero-order valence-corrected chi connectivity index (χ0v) is 7.14. The Morgan fingerprint density at radius 3 is 2.54 bits per heavy atom. The highest BCUT2D eigenvalue weighted by molar-refractivity contribution is 5.85. The van der Waals surface area contributed by atoms with E-state index in [0.29, 0.717) is 0 Å². The third-order valence-electron chi connectivity index (χ3n) is 1.72. The lowest BCUT2D eigenvalue weighted by Gasteiger charge is -2.14. The lowest BCUT2D eigenvalue weighted by molar-refractivity contribution is 0.0734. The molecule has 0 saturated heterocycles. The maximum absolute atomic E-state index is 13.1. The average Bonchev–Trinajstić information content (AvgIpc) is 2.04. The summed E-state index contributed by atoms with van der Waals surface area (Å²) in [5.74, 6) is -4.48. The summed E-state index contributed by atoms with van der Waals surface area (Å²) >= 11 is 0. The van der Waals surface area contributed by atoms with Crippen LogP contribution in [0.25, 0.3) is 0 Å². The second kappa shape index (κ2) is 3.12. The summed E-state index contributed by atoms with van der Waals surface area (Å²) in [5, 5.41) is 6.73. The molecule has 2 nitrogen and oxygen atoms in total. The quantitative estimate of drug-likeness (QED) is 0.536. The summed E-state index contributed by atoms with van der Waals surface area (Å²) in [5.41, 5.74) is 5.27. The molecule has 13 heavy (non-hydrogen) atoms. The number of benzene rings is 1. The Balaban J connectivity index is 3.14. The van der Waals surface area contributed by atoms with Crippen LogP contribution >= 0.6 is 0 Å². The summed E-state index contributed by atoms with van der Waals surface area (Å²) in [6.45, 7) is 1.71. The number of rotatable bonds is 2. The first-order chi connectivity index (χ1) is 5.94. The van der Waals surface area contributed by atoms with Crippen molar-refractivity contribution in [3.05, 3.63) is 35.4 Å². The zero-order chi connectivity index (χ0) is 10.1. The number of hydrogen-bond acceptors (Lipinski definition) is 1. The molecule has 70 valence electrons. The van der Waals surface area contributed by atoms with Gasteiger partial charge in [-0.25, -0.2) is 0 Å². The Bertz CT molecular complexity index is 334. The molecule has 0 bridgehead atoms. The van der Waals surface area contributed by atoms with Crippen LogP contribution in [0.3, 0.4) is 0 Å². The molecule has 0 aliphatic carbocycles. The molecule has 0 aromatic heterocycles. The molecule has 1 rings (SSSR count). The van der Waals surface area contributed by atoms with Crippen LogP contribution in [0.15, 0.2) is 24.3 Å².